The molecule has 90 valence electrons. The number of aromatic nitrogens is 3. The Labute approximate surface area is 107 Å². The third kappa shape index (κ3) is 1.76. The van der Waals surface area contributed by atoms with Gasteiger partial charge in [0.1, 0.15) is 10.6 Å². The lowest BCUT2D eigenvalue weighted by molar-refractivity contribution is 0.427. The second-order valence-corrected chi connectivity index (χ2v) is 4.66. The molecule has 0 aliphatic rings. The molecule has 0 bridgehead atoms. The van der Waals surface area contributed by atoms with Crippen molar-refractivity contribution in [3.63, 3.8) is 0 Å². The maximum Gasteiger partial charge on any atom is 0.272 e. The molecule has 0 saturated carbocycles. The van der Waals surface area contributed by atoms with Crippen LogP contribution in [0.4, 0.5) is 0 Å². The number of thiophene rings is 1. The molecule has 0 spiro atoms. The quantitative estimate of drug-likeness (QED) is 0.766. The summed E-state index contributed by atoms with van der Waals surface area (Å²) in [5.41, 5.74) is 1.84. The van der Waals surface area contributed by atoms with Gasteiger partial charge in [-0.1, -0.05) is 5.16 Å². The van der Waals surface area contributed by atoms with E-state index in [1.54, 1.807) is 23.8 Å². The van der Waals surface area contributed by atoms with Crippen LogP contribution in [0.15, 0.2) is 34.4 Å². The molecule has 6 heteroatoms. The summed E-state index contributed by atoms with van der Waals surface area (Å²) in [6.07, 6.45) is 3.41. The molecule has 3 aromatic heterocycles. The fourth-order valence-electron chi connectivity index (χ4n) is 1.59. The molecule has 0 atom stereocenters. The van der Waals surface area contributed by atoms with Gasteiger partial charge in [0.05, 0.1) is 0 Å². The summed E-state index contributed by atoms with van der Waals surface area (Å²) in [5, 5.41) is 15.3. The highest BCUT2D eigenvalue weighted by molar-refractivity contribution is 7.13. The number of rotatable bonds is 2. The van der Waals surface area contributed by atoms with Gasteiger partial charge in [0.25, 0.3) is 5.89 Å². The molecule has 0 aliphatic heterocycles. The SMILES string of the molecule is Cc1ccncc1-c1noc(-c2sccc2O)n1. The van der Waals surface area contributed by atoms with Crippen LogP contribution in [0.3, 0.4) is 0 Å². The predicted octanol–water partition coefficient (Wildman–Crippen LogP) is 2.87. The molecule has 3 rings (SSSR count). The monoisotopic (exact) mass is 259 g/mol. The number of nitrogens with zero attached hydrogens (tertiary/aromatic N) is 3. The molecule has 0 saturated heterocycles. The minimum Gasteiger partial charge on any atom is -0.506 e. The highest BCUT2D eigenvalue weighted by atomic mass is 32.1. The molecule has 0 unspecified atom stereocenters. The van der Waals surface area contributed by atoms with Crippen molar-refractivity contribution in [1.29, 1.82) is 0 Å². The minimum atomic E-state index is 0.151. The number of pyridine rings is 1. The van der Waals surface area contributed by atoms with Crippen molar-refractivity contribution in [3.8, 4) is 27.9 Å². The first-order valence-electron chi connectivity index (χ1n) is 5.27. The Morgan fingerprint density at radius 3 is 2.94 bits per heavy atom. The zero-order chi connectivity index (χ0) is 12.5. The normalized spacial score (nSPS) is 10.7. The fourth-order valence-corrected chi connectivity index (χ4v) is 2.29. The summed E-state index contributed by atoms with van der Waals surface area (Å²) in [4.78, 5) is 8.90. The second-order valence-electron chi connectivity index (χ2n) is 3.75. The lowest BCUT2D eigenvalue weighted by Crippen LogP contribution is -1.86. The largest absolute Gasteiger partial charge is 0.506 e. The average Bonchev–Trinajstić information content (AvgIpc) is 2.98. The summed E-state index contributed by atoms with van der Waals surface area (Å²) in [7, 11) is 0. The van der Waals surface area contributed by atoms with Crippen LogP contribution in [0.5, 0.6) is 5.75 Å². The molecule has 0 aromatic carbocycles. The molecule has 18 heavy (non-hydrogen) atoms. The van der Waals surface area contributed by atoms with Crippen LogP contribution in [0.2, 0.25) is 0 Å². The first-order valence-corrected chi connectivity index (χ1v) is 6.15. The topological polar surface area (TPSA) is 72.0 Å². The van der Waals surface area contributed by atoms with Crippen molar-refractivity contribution < 1.29 is 9.63 Å². The highest BCUT2D eigenvalue weighted by Crippen LogP contribution is 2.34. The van der Waals surface area contributed by atoms with Crippen LogP contribution in [0, 0.1) is 6.92 Å². The van der Waals surface area contributed by atoms with Gasteiger partial charge >= 0.3 is 0 Å². The van der Waals surface area contributed by atoms with Gasteiger partial charge in [0.15, 0.2) is 0 Å². The summed E-state index contributed by atoms with van der Waals surface area (Å²) in [6.45, 7) is 1.95. The summed E-state index contributed by atoms with van der Waals surface area (Å²) >= 11 is 1.35. The number of aromatic hydroxyl groups is 1. The van der Waals surface area contributed by atoms with Crippen LogP contribution in [0.1, 0.15) is 5.56 Å². The zero-order valence-corrected chi connectivity index (χ0v) is 10.3. The Morgan fingerprint density at radius 1 is 1.33 bits per heavy atom. The molecule has 3 aromatic rings. The van der Waals surface area contributed by atoms with Crippen molar-refractivity contribution in [3.05, 3.63) is 35.5 Å². The molecular formula is C12H9N3O2S. The van der Waals surface area contributed by atoms with Gasteiger partial charge in [-0.2, -0.15) is 4.98 Å². The Balaban J connectivity index is 2.05. The smallest absolute Gasteiger partial charge is 0.272 e. The highest BCUT2D eigenvalue weighted by Gasteiger charge is 2.16. The average molecular weight is 259 g/mol. The van der Waals surface area contributed by atoms with E-state index in [4.69, 9.17) is 4.52 Å². The molecule has 5 nitrogen and oxygen atoms in total. The van der Waals surface area contributed by atoms with Crippen molar-refractivity contribution in [2.24, 2.45) is 0 Å². The summed E-state index contributed by atoms with van der Waals surface area (Å²) in [6, 6.07) is 3.48. The maximum absolute atomic E-state index is 9.61. The molecule has 3 heterocycles. The fraction of sp³-hybridized carbons (Fsp3) is 0.0833. The maximum atomic E-state index is 9.61. The van der Waals surface area contributed by atoms with E-state index in [9.17, 15) is 5.11 Å². The van der Waals surface area contributed by atoms with E-state index in [2.05, 4.69) is 15.1 Å². The lowest BCUT2D eigenvalue weighted by Gasteiger charge is -1.97. The Hall–Kier alpha value is -2.21. The summed E-state index contributed by atoms with van der Waals surface area (Å²) < 4.78 is 5.16. The third-order valence-electron chi connectivity index (χ3n) is 2.54. The van der Waals surface area contributed by atoms with Crippen LogP contribution < -0.4 is 0 Å². The van der Waals surface area contributed by atoms with E-state index < -0.39 is 0 Å². The Morgan fingerprint density at radius 2 is 2.22 bits per heavy atom. The van der Waals surface area contributed by atoms with Crippen molar-refractivity contribution in [2.75, 3.05) is 0 Å². The second kappa shape index (κ2) is 4.23. The van der Waals surface area contributed by atoms with Gasteiger partial charge in [0, 0.05) is 18.0 Å². The molecule has 0 amide bonds. The first-order chi connectivity index (χ1) is 8.75. The molecular weight excluding hydrogens is 250 g/mol. The van der Waals surface area contributed by atoms with E-state index >= 15 is 0 Å². The zero-order valence-electron chi connectivity index (χ0n) is 9.49. The predicted molar refractivity (Wildman–Crippen MR) is 67.2 cm³/mol. The molecule has 0 aliphatic carbocycles. The number of hydrogen-bond acceptors (Lipinski definition) is 6. The van der Waals surface area contributed by atoms with E-state index in [0.717, 1.165) is 11.1 Å². The van der Waals surface area contributed by atoms with E-state index in [-0.39, 0.29) is 5.75 Å². The van der Waals surface area contributed by atoms with Crippen LogP contribution in [-0.4, -0.2) is 20.2 Å². The van der Waals surface area contributed by atoms with Gasteiger partial charge in [-0.25, -0.2) is 0 Å². The Bertz CT molecular complexity index is 690. The molecule has 0 fully saturated rings. The van der Waals surface area contributed by atoms with Gasteiger partial charge < -0.3 is 9.63 Å². The van der Waals surface area contributed by atoms with Gasteiger partial charge in [-0.3, -0.25) is 4.98 Å². The van der Waals surface area contributed by atoms with Gasteiger partial charge in [-0.15, -0.1) is 11.3 Å². The van der Waals surface area contributed by atoms with Crippen LogP contribution in [-0.2, 0) is 0 Å². The summed E-state index contributed by atoms with van der Waals surface area (Å²) in [5.74, 6) is 0.947. The van der Waals surface area contributed by atoms with Crippen molar-refractivity contribution in [2.45, 2.75) is 6.92 Å². The number of aryl methyl sites for hydroxylation is 1. The van der Waals surface area contributed by atoms with E-state index in [1.807, 2.05) is 13.0 Å². The standard InChI is InChI=1S/C12H9N3O2S/c1-7-2-4-13-6-8(7)11-14-12(17-15-11)10-9(16)3-5-18-10/h2-6,16H,1H3. The minimum absolute atomic E-state index is 0.151. The molecule has 0 radical (unpaired) electrons. The van der Waals surface area contributed by atoms with Gasteiger partial charge in [0.2, 0.25) is 5.82 Å². The van der Waals surface area contributed by atoms with Gasteiger partial charge in [-0.05, 0) is 30.0 Å². The lowest BCUT2D eigenvalue weighted by atomic mass is 10.1. The Kier molecular flexibility index (Phi) is 2.56. The first kappa shape index (κ1) is 10.9. The van der Waals surface area contributed by atoms with E-state index in [1.165, 1.54) is 11.3 Å². The van der Waals surface area contributed by atoms with Crippen LogP contribution in [0.25, 0.3) is 22.2 Å². The molecule has 1 N–H and O–H groups in total. The van der Waals surface area contributed by atoms with Crippen molar-refractivity contribution in [1.82, 2.24) is 15.1 Å². The third-order valence-corrected chi connectivity index (χ3v) is 3.44. The number of hydrogen-bond donors (Lipinski definition) is 1. The van der Waals surface area contributed by atoms with Crippen molar-refractivity contribution >= 4 is 11.3 Å². The van der Waals surface area contributed by atoms with E-state index in [0.29, 0.717) is 16.6 Å². The van der Waals surface area contributed by atoms with Crippen LogP contribution >= 0.6 is 11.3 Å².